The van der Waals surface area contributed by atoms with Gasteiger partial charge in [0.1, 0.15) is 5.67 Å². The van der Waals surface area contributed by atoms with E-state index in [2.05, 4.69) is 20.5 Å². The molecule has 0 aromatic carbocycles. The molecule has 0 unspecified atom stereocenters. The maximum Gasteiger partial charge on any atom is 0.164 e. The highest BCUT2D eigenvalue weighted by molar-refractivity contribution is 5.72. The second kappa shape index (κ2) is 3.08. The first-order chi connectivity index (χ1) is 6.29. The van der Waals surface area contributed by atoms with E-state index in [0.29, 0.717) is 18.7 Å². The lowest BCUT2D eigenvalue weighted by Crippen LogP contribution is -2.03. The molecule has 0 bridgehead atoms. The van der Waals surface area contributed by atoms with Gasteiger partial charge in [-0.05, 0) is 12.8 Å². The van der Waals surface area contributed by atoms with Crippen molar-refractivity contribution in [1.29, 1.82) is 0 Å². The number of alkyl halides is 1. The Bertz CT molecular complexity index is 307. The summed E-state index contributed by atoms with van der Waals surface area (Å²) in [5.74, 6) is 0.517. The van der Waals surface area contributed by atoms with Crippen LogP contribution in [0.25, 0.3) is 0 Å². The third kappa shape index (κ3) is 2.21. The van der Waals surface area contributed by atoms with E-state index in [4.69, 9.17) is 0 Å². The van der Waals surface area contributed by atoms with Gasteiger partial charge in [0, 0.05) is 12.4 Å². The molecule has 1 heterocycles. The Morgan fingerprint density at radius 3 is 3.00 bits per heavy atom. The summed E-state index contributed by atoms with van der Waals surface area (Å²) < 4.78 is 13.0. The van der Waals surface area contributed by atoms with Crippen LogP contribution in [0.5, 0.6) is 0 Å². The van der Waals surface area contributed by atoms with E-state index in [1.807, 2.05) is 0 Å². The van der Waals surface area contributed by atoms with E-state index >= 15 is 0 Å². The Morgan fingerprint density at radius 2 is 2.38 bits per heavy atom. The van der Waals surface area contributed by atoms with E-state index in [0.717, 1.165) is 0 Å². The summed E-state index contributed by atoms with van der Waals surface area (Å²) >= 11 is 0. The molecule has 0 amide bonds. The molecule has 5 heteroatoms. The lowest BCUT2D eigenvalue weighted by molar-refractivity contribution is 0.413. The van der Waals surface area contributed by atoms with Crippen LogP contribution in [0, 0.1) is 0 Å². The molecule has 2 rings (SSSR count). The van der Waals surface area contributed by atoms with Gasteiger partial charge in [-0.15, -0.1) is 0 Å². The molecule has 0 spiro atoms. The molecule has 0 radical (unpaired) electrons. The Hall–Kier alpha value is -1.52. The summed E-state index contributed by atoms with van der Waals surface area (Å²) in [5, 5.41) is 3.72. The van der Waals surface area contributed by atoms with Gasteiger partial charge in [0.2, 0.25) is 0 Å². The summed E-state index contributed by atoms with van der Waals surface area (Å²) in [6, 6.07) is 0. The number of hydrazone groups is 1. The first-order valence-corrected chi connectivity index (χ1v) is 4.04. The van der Waals surface area contributed by atoms with Gasteiger partial charge in [-0.3, -0.25) is 10.4 Å². The number of nitrogens with one attached hydrogen (secondary N) is 1. The Balaban J connectivity index is 1.89. The quantitative estimate of drug-likeness (QED) is 0.564. The number of rotatable bonds is 3. The van der Waals surface area contributed by atoms with Crippen LogP contribution in [0.4, 0.5) is 10.2 Å². The minimum absolute atomic E-state index is 0.517. The highest BCUT2D eigenvalue weighted by Crippen LogP contribution is 2.37. The molecule has 0 aliphatic heterocycles. The van der Waals surface area contributed by atoms with Gasteiger partial charge in [-0.2, -0.15) is 5.10 Å². The molecule has 1 N–H and O–H groups in total. The number of hydrogen-bond donors (Lipinski definition) is 1. The fraction of sp³-hybridized carbons (Fsp3) is 0.375. The Morgan fingerprint density at radius 1 is 1.54 bits per heavy atom. The molecular weight excluding hydrogens is 171 g/mol. The zero-order valence-corrected chi connectivity index (χ0v) is 6.94. The fourth-order valence-electron chi connectivity index (χ4n) is 0.819. The maximum atomic E-state index is 13.0. The van der Waals surface area contributed by atoms with E-state index < -0.39 is 5.67 Å². The minimum atomic E-state index is -1.17. The van der Waals surface area contributed by atoms with Crippen molar-refractivity contribution >= 4 is 12.0 Å². The lowest BCUT2D eigenvalue weighted by atomic mass is 10.4. The fourth-order valence-corrected chi connectivity index (χ4v) is 0.819. The van der Waals surface area contributed by atoms with Crippen LogP contribution in [-0.4, -0.2) is 21.9 Å². The minimum Gasteiger partial charge on any atom is -0.260 e. The normalized spacial score (nSPS) is 18.8. The predicted octanol–water partition coefficient (Wildman–Crippen LogP) is 1.38. The first-order valence-electron chi connectivity index (χ1n) is 4.04. The SMILES string of the molecule is FC1(/C=N/Nc2cnccn2)CC1. The summed E-state index contributed by atoms with van der Waals surface area (Å²) in [4.78, 5) is 7.73. The first kappa shape index (κ1) is 8.10. The molecule has 1 aliphatic rings. The van der Waals surface area contributed by atoms with Crippen LogP contribution in [0.3, 0.4) is 0 Å². The largest absolute Gasteiger partial charge is 0.260 e. The molecule has 4 nitrogen and oxygen atoms in total. The summed E-state index contributed by atoms with van der Waals surface area (Å²) in [5.41, 5.74) is 1.43. The summed E-state index contributed by atoms with van der Waals surface area (Å²) in [6.45, 7) is 0. The van der Waals surface area contributed by atoms with E-state index in [1.165, 1.54) is 12.4 Å². The van der Waals surface area contributed by atoms with Gasteiger partial charge >= 0.3 is 0 Å². The van der Waals surface area contributed by atoms with Crippen molar-refractivity contribution in [1.82, 2.24) is 9.97 Å². The number of halogens is 1. The van der Waals surface area contributed by atoms with Gasteiger partial charge < -0.3 is 0 Å². The summed E-state index contributed by atoms with van der Waals surface area (Å²) in [6.07, 6.45) is 7.04. The lowest BCUT2D eigenvalue weighted by Gasteiger charge is -1.97. The topological polar surface area (TPSA) is 50.2 Å². The predicted molar refractivity (Wildman–Crippen MR) is 47.2 cm³/mol. The van der Waals surface area contributed by atoms with Gasteiger partial charge in [0.05, 0.1) is 12.4 Å². The average Bonchev–Trinajstić information content (AvgIpc) is 2.86. The van der Waals surface area contributed by atoms with Crippen molar-refractivity contribution in [3.8, 4) is 0 Å². The van der Waals surface area contributed by atoms with Crippen molar-refractivity contribution in [3.63, 3.8) is 0 Å². The number of anilines is 1. The van der Waals surface area contributed by atoms with E-state index in [1.54, 1.807) is 12.4 Å². The molecule has 0 atom stereocenters. The van der Waals surface area contributed by atoms with Crippen molar-refractivity contribution in [2.75, 3.05) is 5.43 Å². The molecule has 1 aliphatic carbocycles. The van der Waals surface area contributed by atoms with Gasteiger partial charge in [0.15, 0.2) is 5.82 Å². The third-order valence-electron chi connectivity index (χ3n) is 1.77. The van der Waals surface area contributed by atoms with Crippen LogP contribution in [0.2, 0.25) is 0 Å². The van der Waals surface area contributed by atoms with Crippen molar-refractivity contribution < 1.29 is 4.39 Å². The smallest absolute Gasteiger partial charge is 0.164 e. The van der Waals surface area contributed by atoms with Crippen LogP contribution < -0.4 is 5.43 Å². The van der Waals surface area contributed by atoms with Crippen molar-refractivity contribution in [2.45, 2.75) is 18.5 Å². The number of hydrogen-bond acceptors (Lipinski definition) is 4. The molecule has 1 saturated carbocycles. The van der Waals surface area contributed by atoms with E-state index in [9.17, 15) is 4.39 Å². The van der Waals surface area contributed by atoms with Crippen LogP contribution in [0.1, 0.15) is 12.8 Å². The van der Waals surface area contributed by atoms with Gasteiger partial charge in [-0.1, -0.05) is 0 Å². The monoisotopic (exact) mass is 180 g/mol. The second-order valence-electron chi connectivity index (χ2n) is 3.00. The number of nitrogens with zero attached hydrogens (tertiary/aromatic N) is 3. The van der Waals surface area contributed by atoms with Crippen LogP contribution in [-0.2, 0) is 0 Å². The number of aromatic nitrogens is 2. The Kier molecular flexibility index (Phi) is 1.92. The molecule has 13 heavy (non-hydrogen) atoms. The van der Waals surface area contributed by atoms with Crippen LogP contribution >= 0.6 is 0 Å². The van der Waals surface area contributed by atoms with Crippen molar-refractivity contribution in [3.05, 3.63) is 18.6 Å². The molecule has 1 fully saturated rings. The van der Waals surface area contributed by atoms with Crippen molar-refractivity contribution in [2.24, 2.45) is 5.10 Å². The maximum absolute atomic E-state index is 13.0. The van der Waals surface area contributed by atoms with Crippen LogP contribution in [0.15, 0.2) is 23.7 Å². The molecule has 1 aromatic rings. The van der Waals surface area contributed by atoms with Gasteiger partial charge in [-0.25, -0.2) is 9.37 Å². The average molecular weight is 180 g/mol. The Labute approximate surface area is 74.9 Å². The summed E-state index contributed by atoms with van der Waals surface area (Å²) in [7, 11) is 0. The highest BCUT2D eigenvalue weighted by Gasteiger charge is 2.41. The second-order valence-corrected chi connectivity index (χ2v) is 3.00. The molecule has 68 valence electrons. The third-order valence-corrected chi connectivity index (χ3v) is 1.77. The zero-order valence-electron chi connectivity index (χ0n) is 6.94. The standard InChI is InChI=1S/C8H9FN4/c9-8(1-2-8)6-12-13-7-5-10-3-4-11-7/h3-6H,1-2H2,(H,11,13)/b12-6+. The van der Waals surface area contributed by atoms with E-state index in [-0.39, 0.29) is 0 Å². The molecular formula is C8H9FN4. The highest BCUT2D eigenvalue weighted by atomic mass is 19.1. The molecule has 0 saturated heterocycles. The molecule has 1 aromatic heterocycles. The zero-order chi connectivity index (χ0) is 9.15. The van der Waals surface area contributed by atoms with Gasteiger partial charge in [0.25, 0.3) is 0 Å².